The summed E-state index contributed by atoms with van der Waals surface area (Å²) in [5, 5.41) is 20.6. The third-order valence-electron chi connectivity index (χ3n) is 3.87. The Bertz CT molecular complexity index is 1160. The SMILES string of the molecule is Nc1ncnc2c1nc(Br)n2[C@@H]1O[C@H](COP(=O)(O)OP(=O)(O)OP(=O)(O)O)C(O)[C@@H]1O. The van der Waals surface area contributed by atoms with E-state index in [4.69, 9.17) is 25.2 Å². The van der Waals surface area contributed by atoms with Crippen LogP contribution in [0.1, 0.15) is 6.23 Å². The maximum atomic E-state index is 11.8. The Morgan fingerprint density at radius 3 is 2.38 bits per heavy atom. The number of nitrogens with zero attached hydrogens (tertiary/aromatic N) is 4. The normalized spacial score (nSPS) is 28.0. The zero-order chi connectivity index (χ0) is 24.1. The van der Waals surface area contributed by atoms with Crippen molar-refractivity contribution in [3.05, 3.63) is 11.1 Å². The van der Waals surface area contributed by atoms with Gasteiger partial charge in [-0.1, -0.05) is 0 Å². The summed E-state index contributed by atoms with van der Waals surface area (Å²) in [4.78, 5) is 47.5. The van der Waals surface area contributed by atoms with Crippen LogP contribution in [0.25, 0.3) is 11.2 Å². The first kappa shape index (κ1) is 25.7. The van der Waals surface area contributed by atoms with Gasteiger partial charge in [0.2, 0.25) is 0 Å². The van der Waals surface area contributed by atoms with Gasteiger partial charge in [0.1, 0.15) is 24.6 Å². The second-order valence-electron chi connectivity index (χ2n) is 6.11. The fraction of sp³-hybridized carbons (Fsp3) is 0.500. The number of phosphoric acid groups is 3. The smallest absolute Gasteiger partial charge is 0.387 e. The van der Waals surface area contributed by atoms with Gasteiger partial charge in [-0.2, -0.15) is 8.62 Å². The van der Waals surface area contributed by atoms with Gasteiger partial charge in [0.05, 0.1) is 6.61 Å². The number of anilines is 1. The molecule has 0 bridgehead atoms. The summed E-state index contributed by atoms with van der Waals surface area (Å²) in [7, 11) is -16.7. The monoisotopic (exact) mass is 585 g/mol. The number of aliphatic hydroxyl groups is 2. The lowest BCUT2D eigenvalue weighted by atomic mass is 10.1. The Morgan fingerprint density at radius 2 is 1.75 bits per heavy atom. The molecule has 1 aliphatic rings. The molecule has 0 amide bonds. The van der Waals surface area contributed by atoms with Gasteiger partial charge < -0.3 is 40.3 Å². The lowest BCUT2D eigenvalue weighted by Crippen LogP contribution is -2.33. The molecule has 8 N–H and O–H groups in total. The van der Waals surface area contributed by atoms with Crippen LogP contribution in [0.15, 0.2) is 11.1 Å². The Morgan fingerprint density at radius 1 is 1.09 bits per heavy atom. The van der Waals surface area contributed by atoms with E-state index in [1.165, 1.54) is 4.57 Å². The molecule has 22 heteroatoms. The van der Waals surface area contributed by atoms with Gasteiger partial charge in [0.25, 0.3) is 0 Å². The lowest BCUT2D eigenvalue weighted by Gasteiger charge is -2.19. The number of aliphatic hydroxyl groups excluding tert-OH is 2. The van der Waals surface area contributed by atoms with Crippen LogP contribution in [-0.4, -0.2) is 74.2 Å². The molecule has 2 aromatic heterocycles. The number of fused-ring (bicyclic) bond motifs is 1. The molecule has 18 nitrogen and oxygen atoms in total. The zero-order valence-electron chi connectivity index (χ0n) is 15.2. The fourth-order valence-corrected chi connectivity index (χ4v) is 6.25. The molecule has 32 heavy (non-hydrogen) atoms. The number of halogens is 1. The number of rotatable bonds is 8. The fourth-order valence-electron chi connectivity index (χ4n) is 2.68. The highest BCUT2D eigenvalue weighted by atomic mass is 79.9. The van der Waals surface area contributed by atoms with Crippen molar-refractivity contribution < 1.29 is 61.4 Å². The number of hydrogen-bond acceptors (Lipinski definition) is 13. The Hall–Kier alpha value is -0.880. The van der Waals surface area contributed by atoms with Gasteiger partial charge in [-0.3, -0.25) is 9.09 Å². The van der Waals surface area contributed by atoms with Crippen molar-refractivity contribution in [3.63, 3.8) is 0 Å². The van der Waals surface area contributed by atoms with Crippen molar-refractivity contribution in [1.82, 2.24) is 19.5 Å². The van der Waals surface area contributed by atoms with Crippen LogP contribution in [0.4, 0.5) is 5.82 Å². The van der Waals surface area contributed by atoms with Crippen LogP contribution in [0, 0.1) is 0 Å². The molecule has 0 saturated carbocycles. The Labute approximate surface area is 185 Å². The molecular formula is C10H15BrN5O13P3. The Balaban J connectivity index is 1.73. The largest absolute Gasteiger partial charge is 0.490 e. The molecule has 0 aliphatic carbocycles. The molecule has 2 aromatic rings. The van der Waals surface area contributed by atoms with Crippen molar-refractivity contribution in [2.24, 2.45) is 0 Å². The first-order valence-electron chi connectivity index (χ1n) is 8.04. The third kappa shape index (κ3) is 5.78. The van der Waals surface area contributed by atoms with Crippen LogP contribution >= 0.6 is 39.4 Å². The predicted octanol–water partition coefficient (Wildman–Crippen LogP) is -0.867. The van der Waals surface area contributed by atoms with E-state index < -0.39 is 54.6 Å². The van der Waals surface area contributed by atoms with Gasteiger partial charge in [-0.05, 0) is 15.9 Å². The summed E-state index contributed by atoms with van der Waals surface area (Å²) in [6, 6.07) is 0. The number of ether oxygens (including phenoxy) is 1. The van der Waals surface area contributed by atoms with Gasteiger partial charge in [-0.25, -0.2) is 28.6 Å². The minimum atomic E-state index is -5.71. The van der Waals surface area contributed by atoms with E-state index in [0.717, 1.165) is 6.33 Å². The van der Waals surface area contributed by atoms with E-state index in [1.54, 1.807) is 0 Å². The van der Waals surface area contributed by atoms with Gasteiger partial charge in [-0.15, -0.1) is 0 Å². The maximum Gasteiger partial charge on any atom is 0.490 e. The van der Waals surface area contributed by atoms with Gasteiger partial charge in [0, 0.05) is 0 Å². The lowest BCUT2D eigenvalue weighted by molar-refractivity contribution is -0.0513. The molecule has 6 atom stereocenters. The van der Waals surface area contributed by atoms with E-state index in [1.807, 2.05) is 0 Å². The minimum absolute atomic E-state index is 0.0201. The number of hydrogen-bond donors (Lipinski definition) is 7. The van der Waals surface area contributed by atoms with Crippen molar-refractivity contribution in [2.75, 3.05) is 12.3 Å². The van der Waals surface area contributed by atoms with Crippen LogP contribution in [0.3, 0.4) is 0 Å². The molecule has 3 heterocycles. The second kappa shape index (κ2) is 9.05. The van der Waals surface area contributed by atoms with E-state index in [2.05, 4.69) is 44.0 Å². The average Bonchev–Trinajstić information content (AvgIpc) is 3.08. The molecule has 0 spiro atoms. The average molecular weight is 586 g/mol. The highest BCUT2D eigenvalue weighted by molar-refractivity contribution is 9.10. The van der Waals surface area contributed by atoms with Crippen molar-refractivity contribution in [2.45, 2.75) is 24.5 Å². The molecule has 1 fully saturated rings. The van der Waals surface area contributed by atoms with Crippen LogP contribution in [0.5, 0.6) is 0 Å². The molecular weight excluding hydrogens is 571 g/mol. The molecule has 3 unspecified atom stereocenters. The van der Waals surface area contributed by atoms with Crippen molar-refractivity contribution in [3.8, 4) is 0 Å². The van der Waals surface area contributed by atoms with Crippen molar-refractivity contribution >= 4 is 56.4 Å². The van der Waals surface area contributed by atoms with E-state index in [9.17, 15) is 28.8 Å². The molecule has 0 radical (unpaired) electrons. The summed E-state index contributed by atoms with van der Waals surface area (Å²) >= 11 is 3.13. The van der Waals surface area contributed by atoms with Gasteiger partial charge >= 0.3 is 23.5 Å². The summed E-state index contributed by atoms with van der Waals surface area (Å²) in [6.07, 6.45) is -5.03. The highest BCUT2D eigenvalue weighted by Crippen LogP contribution is 2.66. The number of nitrogens with two attached hydrogens (primary N) is 1. The minimum Gasteiger partial charge on any atom is -0.387 e. The van der Waals surface area contributed by atoms with Crippen LogP contribution < -0.4 is 5.73 Å². The highest BCUT2D eigenvalue weighted by Gasteiger charge is 2.47. The predicted molar refractivity (Wildman–Crippen MR) is 103 cm³/mol. The van der Waals surface area contributed by atoms with E-state index in [0.29, 0.717) is 0 Å². The second-order valence-corrected chi connectivity index (χ2v) is 11.2. The third-order valence-corrected chi connectivity index (χ3v) is 8.23. The van der Waals surface area contributed by atoms with Crippen molar-refractivity contribution in [1.29, 1.82) is 0 Å². The van der Waals surface area contributed by atoms with Crippen LogP contribution in [0.2, 0.25) is 0 Å². The van der Waals surface area contributed by atoms with E-state index in [-0.39, 0.29) is 21.7 Å². The Kier molecular flexibility index (Phi) is 7.28. The summed E-state index contributed by atoms with van der Waals surface area (Å²) in [5.74, 6) is 0.0201. The molecule has 180 valence electrons. The number of phosphoric ester groups is 1. The van der Waals surface area contributed by atoms with E-state index >= 15 is 0 Å². The first-order chi connectivity index (χ1) is 14.6. The molecule has 1 aliphatic heterocycles. The quantitative estimate of drug-likeness (QED) is 0.146. The summed E-state index contributed by atoms with van der Waals surface area (Å²) in [5.41, 5.74) is 5.99. The number of aromatic nitrogens is 4. The maximum absolute atomic E-state index is 11.8. The summed E-state index contributed by atoms with van der Waals surface area (Å²) < 4.78 is 52.2. The van der Waals surface area contributed by atoms with Gasteiger partial charge in [0.15, 0.2) is 27.9 Å². The topological polar surface area (TPSA) is 279 Å². The van der Waals surface area contributed by atoms with Crippen LogP contribution in [-0.2, 0) is 31.6 Å². The molecule has 0 aromatic carbocycles. The number of imidazole rings is 1. The summed E-state index contributed by atoms with van der Waals surface area (Å²) in [6.45, 7) is -0.972. The first-order valence-corrected chi connectivity index (χ1v) is 13.4. The zero-order valence-corrected chi connectivity index (χ0v) is 19.5. The standard InChI is InChI=1S/C10H15BrN5O13P3/c11-10-15-4-7(12)13-2-14-8(4)16(10)9-6(18)5(17)3(27-9)1-26-31(22,23)29-32(24,25)28-30(19,20)21/h2-3,5-6,9,17-18H,1H2,(H,22,23)(H,24,25)(H2,12,13,14)(H2,19,20,21)/t3-,5?,6+,9-/m1/s1. The number of nitrogen functional groups attached to an aromatic ring is 1. The molecule has 3 rings (SSSR count). The molecule has 1 saturated heterocycles.